The Morgan fingerprint density at radius 3 is 2.69 bits per heavy atom. The molecule has 1 aromatic carbocycles. The summed E-state index contributed by atoms with van der Waals surface area (Å²) in [4.78, 5) is 2.56. The van der Waals surface area contributed by atoms with E-state index in [1.807, 2.05) is 0 Å². The Hall–Kier alpha value is -0.860. The van der Waals surface area contributed by atoms with Gasteiger partial charge in [-0.2, -0.15) is 0 Å². The van der Waals surface area contributed by atoms with Gasteiger partial charge in [0.15, 0.2) is 0 Å². The summed E-state index contributed by atoms with van der Waals surface area (Å²) in [6.45, 7) is 5.72. The molecule has 2 nitrogen and oxygen atoms in total. The van der Waals surface area contributed by atoms with Crippen molar-refractivity contribution in [2.24, 2.45) is 0 Å². The second kappa shape index (κ2) is 5.46. The minimum Gasteiger partial charge on any atom is -0.317 e. The Morgan fingerprint density at radius 2 is 2.06 bits per heavy atom. The van der Waals surface area contributed by atoms with Crippen molar-refractivity contribution in [1.82, 2.24) is 10.2 Å². The van der Waals surface area contributed by atoms with Gasteiger partial charge >= 0.3 is 0 Å². The summed E-state index contributed by atoms with van der Waals surface area (Å²) in [5.41, 5.74) is 2.81. The summed E-state index contributed by atoms with van der Waals surface area (Å²) < 4.78 is 0. The maximum Gasteiger partial charge on any atom is 0.0233 e. The van der Waals surface area contributed by atoms with Gasteiger partial charge in [0.1, 0.15) is 0 Å². The number of hydrogen-bond acceptors (Lipinski definition) is 2. The van der Waals surface area contributed by atoms with E-state index in [1.165, 1.54) is 37.1 Å². The molecule has 0 amide bonds. The zero-order valence-electron chi connectivity index (χ0n) is 10.4. The molecule has 16 heavy (non-hydrogen) atoms. The van der Waals surface area contributed by atoms with Crippen LogP contribution in [-0.2, 0) is 6.54 Å². The summed E-state index contributed by atoms with van der Waals surface area (Å²) >= 11 is 0. The highest BCUT2D eigenvalue weighted by atomic mass is 15.1. The lowest BCUT2D eigenvalue weighted by atomic mass is 10.0. The summed E-state index contributed by atoms with van der Waals surface area (Å²) in [5, 5.41) is 3.37. The van der Waals surface area contributed by atoms with Gasteiger partial charge in [0.25, 0.3) is 0 Å². The van der Waals surface area contributed by atoms with Crippen molar-refractivity contribution in [3.8, 4) is 0 Å². The smallest absolute Gasteiger partial charge is 0.0233 e. The van der Waals surface area contributed by atoms with Crippen LogP contribution < -0.4 is 5.32 Å². The predicted molar refractivity (Wildman–Crippen MR) is 68.5 cm³/mol. The van der Waals surface area contributed by atoms with Crippen LogP contribution in [0.5, 0.6) is 0 Å². The van der Waals surface area contributed by atoms with Crippen molar-refractivity contribution < 1.29 is 0 Å². The highest BCUT2D eigenvalue weighted by molar-refractivity contribution is 5.22. The molecular formula is C14H22N2. The number of benzene rings is 1. The van der Waals surface area contributed by atoms with Gasteiger partial charge in [-0.05, 0) is 45.5 Å². The number of piperidine rings is 1. The fourth-order valence-electron chi connectivity index (χ4n) is 2.45. The Bertz CT molecular complexity index is 327. The first-order chi connectivity index (χ1) is 7.78. The largest absolute Gasteiger partial charge is 0.317 e. The average Bonchev–Trinajstić information content (AvgIpc) is 2.30. The predicted octanol–water partition coefficient (Wildman–Crippen LogP) is 2.18. The van der Waals surface area contributed by atoms with Crippen molar-refractivity contribution in [1.29, 1.82) is 0 Å². The first-order valence-electron chi connectivity index (χ1n) is 6.23. The van der Waals surface area contributed by atoms with Crippen LogP contribution in [-0.4, -0.2) is 31.1 Å². The standard InChI is InChI=1S/C14H22N2/c1-12-4-3-5-13(10-12)11-16-8-6-14(15-2)7-9-16/h3-5,10,14-15H,6-9,11H2,1-2H3. The lowest BCUT2D eigenvalue weighted by Gasteiger charge is -2.31. The van der Waals surface area contributed by atoms with E-state index >= 15 is 0 Å². The number of nitrogens with one attached hydrogen (secondary N) is 1. The summed E-state index contributed by atoms with van der Waals surface area (Å²) in [5.74, 6) is 0. The van der Waals surface area contributed by atoms with E-state index in [0.717, 1.165) is 12.6 Å². The van der Waals surface area contributed by atoms with Gasteiger partial charge in [0, 0.05) is 12.6 Å². The fraction of sp³-hybridized carbons (Fsp3) is 0.571. The van der Waals surface area contributed by atoms with Crippen molar-refractivity contribution in [2.45, 2.75) is 32.4 Å². The molecule has 1 saturated heterocycles. The highest BCUT2D eigenvalue weighted by Crippen LogP contribution is 2.14. The second-order valence-electron chi connectivity index (χ2n) is 4.83. The van der Waals surface area contributed by atoms with Crippen molar-refractivity contribution in [3.05, 3.63) is 35.4 Å². The summed E-state index contributed by atoms with van der Waals surface area (Å²) in [6, 6.07) is 9.58. The molecule has 2 heteroatoms. The van der Waals surface area contributed by atoms with E-state index in [9.17, 15) is 0 Å². The topological polar surface area (TPSA) is 15.3 Å². The number of aryl methyl sites for hydroxylation is 1. The molecule has 0 spiro atoms. The molecule has 0 aromatic heterocycles. The molecule has 1 heterocycles. The normalized spacial score (nSPS) is 18.9. The minimum absolute atomic E-state index is 0.730. The molecule has 0 aliphatic carbocycles. The molecule has 0 saturated carbocycles. The maximum atomic E-state index is 3.37. The van der Waals surface area contributed by atoms with Gasteiger partial charge in [0.2, 0.25) is 0 Å². The van der Waals surface area contributed by atoms with Crippen LogP contribution in [0.25, 0.3) is 0 Å². The number of nitrogens with zero attached hydrogens (tertiary/aromatic N) is 1. The van der Waals surface area contributed by atoms with Crippen molar-refractivity contribution >= 4 is 0 Å². The molecule has 1 aliphatic rings. The summed E-state index contributed by atoms with van der Waals surface area (Å²) in [6.07, 6.45) is 2.56. The molecule has 1 N–H and O–H groups in total. The molecule has 0 atom stereocenters. The molecule has 0 unspecified atom stereocenters. The summed E-state index contributed by atoms with van der Waals surface area (Å²) in [7, 11) is 2.07. The van der Waals surface area contributed by atoms with E-state index in [0.29, 0.717) is 0 Å². The number of likely N-dealkylation sites (tertiary alicyclic amines) is 1. The molecule has 0 bridgehead atoms. The van der Waals surface area contributed by atoms with E-state index < -0.39 is 0 Å². The molecule has 88 valence electrons. The zero-order chi connectivity index (χ0) is 11.4. The van der Waals surface area contributed by atoms with E-state index in [-0.39, 0.29) is 0 Å². The third-order valence-electron chi connectivity index (χ3n) is 3.48. The van der Waals surface area contributed by atoms with Crippen LogP contribution in [0.2, 0.25) is 0 Å². The van der Waals surface area contributed by atoms with Crippen molar-refractivity contribution in [2.75, 3.05) is 20.1 Å². The minimum atomic E-state index is 0.730. The lowest BCUT2D eigenvalue weighted by molar-refractivity contribution is 0.194. The number of hydrogen-bond donors (Lipinski definition) is 1. The van der Waals surface area contributed by atoms with Crippen LogP contribution in [0, 0.1) is 6.92 Å². The first kappa shape index (κ1) is 11.6. The van der Waals surface area contributed by atoms with Crippen molar-refractivity contribution in [3.63, 3.8) is 0 Å². The molecule has 1 aromatic rings. The maximum absolute atomic E-state index is 3.37. The van der Waals surface area contributed by atoms with Gasteiger partial charge in [0.05, 0.1) is 0 Å². The van der Waals surface area contributed by atoms with E-state index in [2.05, 4.69) is 48.5 Å². The van der Waals surface area contributed by atoms with Gasteiger partial charge in [-0.3, -0.25) is 4.90 Å². The monoisotopic (exact) mass is 218 g/mol. The Balaban J connectivity index is 1.87. The molecule has 0 radical (unpaired) electrons. The zero-order valence-corrected chi connectivity index (χ0v) is 10.4. The molecular weight excluding hydrogens is 196 g/mol. The SMILES string of the molecule is CNC1CCN(Cc2cccc(C)c2)CC1. The van der Waals surface area contributed by atoms with Gasteiger partial charge in [-0.15, -0.1) is 0 Å². The highest BCUT2D eigenvalue weighted by Gasteiger charge is 2.17. The molecule has 2 rings (SSSR count). The van der Waals surface area contributed by atoms with E-state index in [1.54, 1.807) is 0 Å². The van der Waals surface area contributed by atoms with Crippen LogP contribution in [0.15, 0.2) is 24.3 Å². The second-order valence-corrected chi connectivity index (χ2v) is 4.83. The Labute approximate surface area is 98.7 Å². The quantitative estimate of drug-likeness (QED) is 0.836. The van der Waals surface area contributed by atoms with Crippen LogP contribution in [0.4, 0.5) is 0 Å². The Morgan fingerprint density at radius 1 is 1.31 bits per heavy atom. The fourth-order valence-corrected chi connectivity index (χ4v) is 2.45. The average molecular weight is 218 g/mol. The van der Waals surface area contributed by atoms with Gasteiger partial charge in [-0.1, -0.05) is 29.8 Å². The molecule has 1 aliphatic heterocycles. The van der Waals surface area contributed by atoms with Crippen LogP contribution in [0.3, 0.4) is 0 Å². The van der Waals surface area contributed by atoms with Gasteiger partial charge in [-0.25, -0.2) is 0 Å². The first-order valence-corrected chi connectivity index (χ1v) is 6.23. The van der Waals surface area contributed by atoms with Gasteiger partial charge < -0.3 is 5.32 Å². The third-order valence-corrected chi connectivity index (χ3v) is 3.48. The van der Waals surface area contributed by atoms with Crippen LogP contribution in [0.1, 0.15) is 24.0 Å². The Kier molecular flexibility index (Phi) is 3.97. The third kappa shape index (κ3) is 3.06. The van der Waals surface area contributed by atoms with Crippen LogP contribution >= 0.6 is 0 Å². The lowest BCUT2D eigenvalue weighted by Crippen LogP contribution is -2.40. The van der Waals surface area contributed by atoms with E-state index in [4.69, 9.17) is 0 Å². The molecule has 1 fully saturated rings. The number of rotatable bonds is 3.